The molecule has 0 amide bonds. The molecular formula is C12H12FNO3. The molecule has 1 aromatic carbocycles. The summed E-state index contributed by atoms with van der Waals surface area (Å²) in [6.07, 6.45) is 0.293. The van der Waals surface area contributed by atoms with E-state index in [2.05, 4.69) is 4.99 Å². The first-order chi connectivity index (χ1) is 8.22. The second kappa shape index (κ2) is 4.97. The van der Waals surface area contributed by atoms with Crippen LogP contribution in [0.25, 0.3) is 0 Å². The minimum Gasteiger partial charge on any atom is -0.486 e. The first-order valence-corrected chi connectivity index (χ1v) is 5.32. The first kappa shape index (κ1) is 11.6. The van der Waals surface area contributed by atoms with Crippen LogP contribution < -0.4 is 9.47 Å². The second-order valence-electron chi connectivity index (χ2n) is 3.72. The molecule has 90 valence electrons. The fourth-order valence-corrected chi connectivity index (χ4v) is 1.77. The molecule has 1 aromatic rings. The van der Waals surface area contributed by atoms with Gasteiger partial charge in [-0.05, 0) is 30.2 Å². The number of aliphatic imine (C=N–C) groups is 1. The lowest BCUT2D eigenvalue weighted by Crippen LogP contribution is -2.16. The third-order valence-electron chi connectivity index (χ3n) is 2.55. The average Bonchev–Trinajstić information content (AvgIpc) is 2.35. The van der Waals surface area contributed by atoms with Gasteiger partial charge in [-0.25, -0.2) is 14.2 Å². The van der Waals surface area contributed by atoms with Gasteiger partial charge >= 0.3 is 0 Å². The van der Waals surface area contributed by atoms with Gasteiger partial charge in [0.05, 0.1) is 6.54 Å². The fourth-order valence-electron chi connectivity index (χ4n) is 1.77. The van der Waals surface area contributed by atoms with Crippen LogP contribution in [0.3, 0.4) is 0 Å². The van der Waals surface area contributed by atoms with Gasteiger partial charge in [-0.3, -0.25) is 0 Å². The number of alkyl halides is 1. The van der Waals surface area contributed by atoms with E-state index in [-0.39, 0.29) is 6.54 Å². The van der Waals surface area contributed by atoms with E-state index in [1.807, 2.05) is 0 Å². The van der Waals surface area contributed by atoms with Crippen molar-refractivity contribution in [1.82, 2.24) is 0 Å². The summed E-state index contributed by atoms with van der Waals surface area (Å²) in [7, 11) is 0. The maximum absolute atomic E-state index is 13.5. The minimum atomic E-state index is -1.15. The Morgan fingerprint density at radius 2 is 2.06 bits per heavy atom. The van der Waals surface area contributed by atoms with Crippen molar-refractivity contribution in [2.24, 2.45) is 4.99 Å². The molecule has 1 atom stereocenters. The predicted molar refractivity (Wildman–Crippen MR) is 58.8 cm³/mol. The fraction of sp³-hybridized carbons (Fsp3) is 0.417. The summed E-state index contributed by atoms with van der Waals surface area (Å²) in [6.45, 7) is 2.45. The smallest absolute Gasteiger partial charge is 0.235 e. The minimum absolute atomic E-state index is 0.101. The number of fused-ring (bicyclic) bond motifs is 1. The third-order valence-corrected chi connectivity index (χ3v) is 2.55. The zero-order valence-corrected chi connectivity index (χ0v) is 9.40. The number of nitrogens with zero attached hydrogens (tertiary/aromatic N) is 1. The van der Waals surface area contributed by atoms with Crippen LogP contribution in [0.15, 0.2) is 17.1 Å². The van der Waals surface area contributed by atoms with Crippen LogP contribution in [0.4, 0.5) is 4.39 Å². The lowest BCUT2D eigenvalue weighted by molar-refractivity contribution is 0.170. The highest BCUT2D eigenvalue weighted by molar-refractivity contribution is 5.49. The molecule has 1 aliphatic rings. The van der Waals surface area contributed by atoms with E-state index in [1.54, 1.807) is 12.1 Å². The Balaban J connectivity index is 2.43. The van der Waals surface area contributed by atoms with Crippen molar-refractivity contribution in [1.29, 1.82) is 0 Å². The molecule has 0 saturated heterocycles. The largest absolute Gasteiger partial charge is 0.486 e. The quantitative estimate of drug-likeness (QED) is 0.598. The topological polar surface area (TPSA) is 47.9 Å². The molecule has 4 nitrogen and oxygen atoms in total. The van der Waals surface area contributed by atoms with E-state index in [0.717, 1.165) is 0 Å². The van der Waals surface area contributed by atoms with E-state index in [1.165, 1.54) is 13.0 Å². The van der Waals surface area contributed by atoms with Crippen molar-refractivity contribution in [2.45, 2.75) is 19.6 Å². The van der Waals surface area contributed by atoms with Crippen LogP contribution in [0, 0.1) is 0 Å². The van der Waals surface area contributed by atoms with Crippen molar-refractivity contribution in [3.05, 3.63) is 23.3 Å². The maximum atomic E-state index is 13.5. The van der Waals surface area contributed by atoms with Gasteiger partial charge in [0.1, 0.15) is 19.4 Å². The Labute approximate surface area is 98.1 Å². The number of hydrogen-bond donors (Lipinski definition) is 0. The van der Waals surface area contributed by atoms with E-state index in [9.17, 15) is 9.18 Å². The Bertz CT molecular complexity index is 467. The summed E-state index contributed by atoms with van der Waals surface area (Å²) in [5.41, 5.74) is 1.08. The molecule has 1 heterocycles. The second-order valence-corrected chi connectivity index (χ2v) is 3.72. The standard InChI is InChI=1S/C12H12FNO3/c1-8(13)10-5-12-11(16-2-3-17-12)4-9(10)6-14-7-15/h4-5,8H,2-3,6H2,1H3. The highest BCUT2D eigenvalue weighted by Gasteiger charge is 2.18. The molecular weight excluding hydrogens is 225 g/mol. The number of ether oxygens (including phenoxy) is 2. The summed E-state index contributed by atoms with van der Waals surface area (Å²) in [4.78, 5) is 13.6. The predicted octanol–water partition coefficient (Wildman–Crippen LogP) is 2.32. The molecule has 0 radical (unpaired) electrons. The highest BCUT2D eigenvalue weighted by Crippen LogP contribution is 2.36. The molecule has 0 N–H and O–H groups in total. The van der Waals surface area contributed by atoms with Crippen molar-refractivity contribution in [2.75, 3.05) is 13.2 Å². The van der Waals surface area contributed by atoms with Gasteiger partial charge in [0, 0.05) is 0 Å². The van der Waals surface area contributed by atoms with E-state index in [4.69, 9.17) is 9.47 Å². The maximum Gasteiger partial charge on any atom is 0.235 e. The molecule has 0 spiro atoms. The molecule has 5 heteroatoms. The number of hydrogen-bond acceptors (Lipinski definition) is 4. The van der Waals surface area contributed by atoms with Crippen molar-refractivity contribution < 1.29 is 18.7 Å². The van der Waals surface area contributed by atoms with E-state index >= 15 is 0 Å². The van der Waals surface area contributed by atoms with Crippen molar-refractivity contribution in [3.8, 4) is 11.5 Å². The van der Waals surface area contributed by atoms with Crippen LogP contribution >= 0.6 is 0 Å². The number of benzene rings is 1. The number of rotatable bonds is 3. The van der Waals surface area contributed by atoms with Crippen LogP contribution in [0.5, 0.6) is 11.5 Å². The average molecular weight is 237 g/mol. The first-order valence-electron chi connectivity index (χ1n) is 5.32. The lowest BCUT2D eigenvalue weighted by Gasteiger charge is -2.21. The van der Waals surface area contributed by atoms with Gasteiger partial charge in [-0.1, -0.05) is 0 Å². The molecule has 0 aromatic heterocycles. The van der Waals surface area contributed by atoms with Gasteiger partial charge in [0.15, 0.2) is 11.5 Å². The Kier molecular flexibility index (Phi) is 3.40. The van der Waals surface area contributed by atoms with E-state index < -0.39 is 6.17 Å². The van der Waals surface area contributed by atoms with Crippen LogP contribution in [-0.4, -0.2) is 19.3 Å². The molecule has 0 fully saturated rings. The zero-order chi connectivity index (χ0) is 12.3. The molecule has 0 aliphatic carbocycles. The summed E-state index contributed by atoms with van der Waals surface area (Å²) in [5, 5.41) is 0. The van der Waals surface area contributed by atoms with Crippen molar-refractivity contribution in [3.63, 3.8) is 0 Å². The normalized spacial score (nSPS) is 14.9. The molecule has 1 unspecified atom stereocenters. The van der Waals surface area contributed by atoms with E-state index in [0.29, 0.717) is 35.8 Å². The van der Waals surface area contributed by atoms with Gasteiger partial charge in [0.25, 0.3) is 0 Å². The SMILES string of the molecule is CC(F)c1cc2c(cc1CN=C=O)OCCO2. The van der Waals surface area contributed by atoms with Crippen LogP contribution in [-0.2, 0) is 11.3 Å². The Morgan fingerprint density at radius 1 is 1.41 bits per heavy atom. The molecule has 1 aliphatic heterocycles. The molecule has 0 bridgehead atoms. The van der Waals surface area contributed by atoms with Gasteiger partial charge in [-0.2, -0.15) is 0 Å². The highest BCUT2D eigenvalue weighted by atomic mass is 19.1. The summed E-state index contributed by atoms with van der Waals surface area (Å²) in [6, 6.07) is 3.27. The summed E-state index contributed by atoms with van der Waals surface area (Å²) in [5.74, 6) is 1.10. The molecule has 2 rings (SSSR count). The Morgan fingerprint density at radius 3 is 2.65 bits per heavy atom. The number of carbonyl (C=O) groups excluding carboxylic acids is 1. The molecule has 17 heavy (non-hydrogen) atoms. The zero-order valence-electron chi connectivity index (χ0n) is 9.40. The third kappa shape index (κ3) is 2.45. The molecule has 0 saturated carbocycles. The summed E-state index contributed by atoms with van der Waals surface area (Å²) >= 11 is 0. The van der Waals surface area contributed by atoms with Crippen LogP contribution in [0.1, 0.15) is 24.2 Å². The Hall–Kier alpha value is -1.87. The van der Waals surface area contributed by atoms with Gasteiger partial charge in [0.2, 0.25) is 6.08 Å². The summed E-state index contributed by atoms with van der Waals surface area (Å²) < 4.78 is 24.2. The lowest BCUT2D eigenvalue weighted by atomic mass is 10.0. The van der Waals surface area contributed by atoms with Gasteiger partial charge in [-0.15, -0.1) is 0 Å². The number of isocyanates is 1. The van der Waals surface area contributed by atoms with Crippen molar-refractivity contribution >= 4 is 6.08 Å². The van der Waals surface area contributed by atoms with Crippen LogP contribution in [0.2, 0.25) is 0 Å². The monoisotopic (exact) mass is 237 g/mol. The van der Waals surface area contributed by atoms with Gasteiger partial charge < -0.3 is 9.47 Å². The number of halogens is 1.